The lowest BCUT2D eigenvalue weighted by Gasteiger charge is -2.10. The molecule has 4 nitrogen and oxygen atoms in total. The van der Waals surface area contributed by atoms with E-state index in [0.717, 1.165) is 0 Å². The molecule has 0 aliphatic carbocycles. The highest BCUT2D eigenvalue weighted by Crippen LogP contribution is 2.12. The molecule has 0 aliphatic rings. The van der Waals surface area contributed by atoms with Crippen molar-refractivity contribution < 1.29 is 15.0 Å². The highest BCUT2D eigenvalue weighted by molar-refractivity contribution is 5.92. The van der Waals surface area contributed by atoms with Crippen molar-refractivity contribution >= 4 is 11.7 Å². The summed E-state index contributed by atoms with van der Waals surface area (Å²) in [7, 11) is 0. The van der Waals surface area contributed by atoms with Gasteiger partial charge in [-0.25, -0.2) is 0 Å². The first-order valence-electron chi connectivity index (χ1n) is 3.91. The SMILES string of the molecule is O=C([O-])c1ccccc1NCCO. The number of hydrogen-bond donors (Lipinski definition) is 2. The molecule has 0 unspecified atom stereocenters. The molecule has 0 atom stereocenters. The lowest BCUT2D eigenvalue weighted by Crippen LogP contribution is -2.24. The molecule has 0 heterocycles. The van der Waals surface area contributed by atoms with E-state index < -0.39 is 5.97 Å². The molecular weight excluding hydrogens is 170 g/mol. The molecule has 70 valence electrons. The van der Waals surface area contributed by atoms with Gasteiger partial charge in [-0.3, -0.25) is 0 Å². The fourth-order valence-corrected chi connectivity index (χ4v) is 1.01. The van der Waals surface area contributed by atoms with Crippen molar-refractivity contribution in [3.8, 4) is 0 Å². The maximum absolute atomic E-state index is 10.6. The lowest BCUT2D eigenvalue weighted by atomic mass is 10.2. The summed E-state index contributed by atoms with van der Waals surface area (Å²) >= 11 is 0. The predicted octanol–water partition coefficient (Wildman–Crippen LogP) is -0.546. The molecule has 1 rings (SSSR count). The Labute approximate surface area is 75.8 Å². The molecule has 0 aromatic heterocycles. The number of carboxylic acid groups (broad SMARTS) is 1. The Hall–Kier alpha value is -1.55. The number of aliphatic hydroxyl groups excluding tert-OH is 1. The van der Waals surface area contributed by atoms with Gasteiger partial charge in [0.2, 0.25) is 0 Å². The van der Waals surface area contributed by atoms with Crippen LogP contribution in [-0.4, -0.2) is 24.2 Å². The van der Waals surface area contributed by atoms with Crippen LogP contribution >= 0.6 is 0 Å². The number of aromatic carboxylic acids is 1. The van der Waals surface area contributed by atoms with Gasteiger partial charge >= 0.3 is 0 Å². The fourth-order valence-electron chi connectivity index (χ4n) is 1.01. The average molecular weight is 180 g/mol. The summed E-state index contributed by atoms with van der Waals surface area (Å²) in [5.41, 5.74) is 0.576. The topological polar surface area (TPSA) is 72.4 Å². The second kappa shape index (κ2) is 4.47. The van der Waals surface area contributed by atoms with Crippen LogP contribution in [0, 0.1) is 0 Å². The summed E-state index contributed by atoms with van der Waals surface area (Å²) in [4.78, 5) is 10.6. The van der Waals surface area contributed by atoms with Crippen LogP contribution in [0.25, 0.3) is 0 Å². The highest BCUT2D eigenvalue weighted by Gasteiger charge is 2.00. The van der Waals surface area contributed by atoms with E-state index in [1.54, 1.807) is 18.2 Å². The summed E-state index contributed by atoms with van der Waals surface area (Å²) in [5.74, 6) is -1.22. The van der Waals surface area contributed by atoms with Crippen molar-refractivity contribution in [1.29, 1.82) is 0 Å². The number of carboxylic acids is 1. The zero-order valence-corrected chi connectivity index (χ0v) is 6.99. The number of rotatable bonds is 4. The second-order valence-corrected chi connectivity index (χ2v) is 2.48. The van der Waals surface area contributed by atoms with E-state index in [-0.39, 0.29) is 12.2 Å². The standard InChI is InChI=1S/C9H11NO3/c11-6-5-10-8-4-2-1-3-7(8)9(12)13/h1-4,10-11H,5-6H2,(H,12,13)/p-1. The Bertz CT molecular complexity index is 299. The van der Waals surface area contributed by atoms with Crippen LogP contribution in [-0.2, 0) is 0 Å². The van der Waals surface area contributed by atoms with Crippen molar-refractivity contribution in [1.82, 2.24) is 0 Å². The number of benzene rings is 1. The fraction of sp³-hybridized carbons (Fsp3) is 0.222. The van der Waals surface area contributed by atoms with Crippen LogP contribution in [0.3, 0.4) is 0 Å². The van der Waals surface area contributed by atoms with E-state index in [0.29, 0.717) is 12.2 Å². The molecule has 0 fully saturated rings. The lowest BCUT2D eigenvalue weighted by molar-refractivity contribution is -0.254. The monoisotopic (exact) mass is 180 g/mol. The molecule has 0 amide bonds. The number of carbonyl (C=O) groups is 1. The van der Waals surface area contributed by atoms with Gasteiger partial charge in [0.15, 0.2) is 0 Å². The van der Waals surface area contributed by atoms with E-state index in [1.165, 1.54) is 6.07 Å². The minimum absolute atomic E-state index is 0.0403. The van der Waals surface area contributed by atoms with Gasteiger partial charge < -0.3 is 20.3 Å². The van der Waals surface area contributed by atoms with E-state index in [1.807, 2.05) is 0 Å². The normalized spacial score (nSPS) is 9.62. The van der Waals surface area contributed by atoms with Crippen LogP contribution in [0.5, 0.6) is 0 Å². The third kappa shape index (κ3) is 2.45. The van der Waals surface area contributed by atoms with Crippen molar-refractivity contribution in [2.45, 2.75) is 0 Å². The third-order valence-electron chi connectivity index (χ3n) is 1.57. The summed E-state index contributed by atoms with van der Waals surface area (Å²) in [6, 6.07) is 6.41. The smallest absolute Gasteiger partial charge is 0.0736 e. The summed E-state index contributed by atoms with van der Waals surface area (Å²) in [5, 5.41) is 21.9. The Morgan fingerprint density at radius 2 is 2.15 bits per heavy atom. The molecule has 0 spiro atoms. The van der Waals surface area contributed by atoms with Crippen LogP contribution in [0.4, 0.5) is 5.69 Å². The molecule has 0 saturated heterocycles. The van der Waals surface area contributed by atoms with Gasteiger partial charge in [0.25, 0.3) is 0 Å². The number of carbonyl (C=O) groups excluding carboxylic acids is 1. The quantitative estimate of drug-likeness (QED) is 0.652. The van der Waals surface area contributed by atoms with Crippen LogP contribution in [0.1, 0.15) is 10.4 Å². The van der Waals surface area contributed by atoms with E-state index in [4.69, 9.17) is 5.11 Å². The van der Waals surface area contributed by atoms with E-state index in [9.17, 15) is 9.90 Å². The minimum Gasteiger partial charge on any atom is -0.545 e. The maximum Gasteiger partial charge on any atom is 0.0736 e. The number of anilines is 1. The first kappa shape index (κ1) is 9.54. The largest absolute Gasteiger partial charge is 0.545 e. The Morgan fingerprint density at radius 1 is 1.46 bits per heavy atom. The Kier molecular flexibility index (Phi) is 3.28. The van der Waals surface area contributed by atoms with Crippen LogP contribution < -0.4 is 10.4 Å². The molecule has 13 heavy (non-hydrogen) atoms. The Balaban J connectivity index is 2.84. The van der Waals surface area contributed by atoms with Gasteiger partial charge in [0.05, 0.1) is 12.6 Å². The van der Waals surface area contributed by atoms with Crippen molar-refractivity contribution in [2.24, 2.45) is 0 Å². The summed E-state index contributed by atoms with van der Waals surface area (Å²) in [6.45, 7) is 0.283. The first-order chi connectivity index (χ1) is 6.25. The van der Waals surface area contributed by atoms with Gasteiger partial charge in [-0.1, -0.05) is 18.2 Å². The molecule has 0 saturated carbocycles. The maximum atomic E-state index is 10.6. The van der Waals surface area contributed by atoms with Gasteiger partial charge in [0, 0.05) is 17.8 Å². The zero-order chi connectivity index (χ0) is 9.68. The minimum atomic E-state index is -1.22. The summed E-state index contributed by atoms with van der Waals surface area (Å²) in [6.07, 6.45) is 0. The molecule has 0 bridgehead atoms. The molecular formula is C9H10NO3-. The first-order valence-corrected chi connectivity index (χ1v) is 3.91. The number of para-hydroxylation sites is 1. The van der Waals surface area contributed by atoms with Gasteiger partial charge in [-0.15, -0.1) is 0 Å². The molecule has 0 aliphatic heterocycles. The van der Waals surface area contributed by atoms with Crippen LogP contribution in [0.15, 0.2) is 24.3 Å². The number of hydrogen-bond acceptors (Lipinski definition) is 4. The molecule has 1 aromatic carbocycles. The molecule has 1 aromatic rings. The average Bonchev–Trinajstić information content (AvgIpc) is 2.15. The van der Waals surface area contributed by atoms with E-state index in [2.05, 4.69) is 5.32 Å². The van der Waals surface area contributed by atoms with E-state index >= 15 is 0 Å². The van der Waals surface area contributed by atoms with Crippen molar-refractivity contribution in [3.63, 3.8) is 0 Å². The van der Waals surface area contributed by atoms with Gasteiger partial charge in [-0.2, -0.15) is 0 Å². The van der Waals surface area contributed by atoms with Crippen LogP contribution in [0.2, 0.25) is 0 Å². The third-order valence-corrected chi connectivity index (χ3v) is 1.57. The molecule has 0 radical (unpaired) electrons. The van der Waals surface area contributed by atoms with Crippen molar-refractivity contribution in [2.75, 3.05) is 18.5 Å². The summed E-state index contributed by atoms with van der Waals surface area (Å²) < 4.78 is 0. The molecule has 4 heteroatoms. The van der Waals surface area contributed by atoms with Gasteiger partial charge in [-0.05, 0) is 6.07 Å². The Morgan fingerprint density at radius 3 is 2.77 bits per heavy atom. The van der Waals surface area contributed by atoms with Crippen molar-refractivity contribution in [3.05, 3.63) is 29.8 Å². The molecule has 2 N–H and O–H groups in total. The predicted molar refractivity (Wildman–Crippen MR) is 46.3 cm³/mol. The second-order valence-electron chi connectivity index (χ2n) is 2.48. The van der Waals surface area contributed by atoms with Gasteiger partial charge in [0.1, 0.15) is 0 Å². The highest BCUT2D eigenvalue weighted by atomic mass is 16.4. The number of aliphatic hydroxyl groups is 1. The zero-order valence-electron chi connectivity index (χ0n) is 6.99. The number of nitrogens with one attached hydrogen (secondary N) is 1.